The molecule has 0 spiro atoms. The van der Waals surface area contributed by atoms with E-state index in [0.29, 0.717) is 18.8 Å². The Morgan fingerprint density at radius 1 is 1.00 bits per heavy atom. The van der Waals surface area contributed by atoms with Crippen molar-refractivity contribution in [1.29, 1.82) is 0 Å². The minimum absolute atomic E-state index is 0.237. The Bertz CT molecular complexity index is 191. The standard InChI is InChI=1S/C12H24O4/c1-9(2)4-3-5-10(13)6-7-11(14)8-12(15)16/h9-11,13-14H,3-8H2,1-2H3,(H,15,16). The fraction of sp³-hybridized carbons (Fsp3) is 0.917. The van der Waals surface area contributed by atoms with E-state index in [0.717, 1.165) is 19.3 Å². The number of aliphatic carboxylic acids is 1. The molecule has 2 atom stereocenters. The summed E-state index contributed by atoms with van der Waals surface area (Å²) in [5.41, 5.74) is 0. The van der Waals surface area contributed by atoms with Crippen molar-refractivity contribution in [3.8, 4) is 0 Å². The van der Waals surface area contributed by atoms with Gasteiger partial charge in [0.05, 0.1) is 18.6 Å². The van der Waals surface area contributed by atoms with E-state index < -0.39 is 18.2 Å². The summed E-state index contributed by atoms with van der Waals surface area (Å²) in [7, 11) is 0. The Labute approximate surface area is 97.3 Å². The van der Waals surface area contributed by atoms with Crippen molar-refractivity contribution in [3.05, 3.63) is 0 Å². The fourth-order valence-electron chi connectivity index (χ4n) is 1.59. The van der Waals surface area contributed by atoms with Gasteiger partial charge in [-0.2, -0.15) is 0 Å². The number of aliphatic hydroxyl groups excluding tert-OH is 2. The van der Waals surface area contributed by atoms with Gasteiger partial charge >= 0.3 is 5.97 Å². The molecule has 96 valence electrons. The van der Waals surface area contributed by atoms with E-state index in [4.69, 9.17) is 5.11 Å². The van der Waals surface area contributed by atoms with E-state index in [-0.39, 0.29) is 6.42 Å². The monoisotopic (exact) mass is 232 g/mol. The summed E-state index contributed by atoms with van der Waals surface area (Å²) >= 11 is 0. The first-order chi connectivity index (χ1) is 7.41. The van der Waals surface area contributed by atoms with Gasteiger partial charge in [-0.15, -0.1) is 0 Å². The van der Waals surface area contributed by atoms with Crippen LogP contribution in [-0.2, 0) is 4.79 Å². The number of carbonyl (C=O) groups is 1. The number of carboxylic acids is 1. The van der Waals surface area contributed by atoms with Crippen LogP contribution in [0.15, 0.2) is 0 Å². The number of hydrogen-bond donors (Lipinski definition) is 3. The van der Waals surface area contributed by atoms with Crippen molar-refractivity contribution in [3.63, 3.8) is 0 Å². The minimum atomic E-state index is -0.998. The third kappa shape index (κ3) is 9.93. The highest BCUT2D eigenvalue weighted by Crippen LogP contribution is 2.13. The van der Waals surface area contributed by atoms with Crippen LogP contribution in [0.5, 0.6) is 0 Å². The first kappa shape index (κ1) is 15.4. The zero-order chi connectivity index (χ0) is 12.6. The van der Waals surface area contributed by atoms with Crippen LogP contribution in [0.25, 0.3) is 0 Å². The second-order valence-corrected chi connectivity index (χ2v) is 4.81. The predicted molar refractivity (Wildman–Crippen MR) is 62.2 cm³/mol. The molecule has 0 bridgehead atoms. The van der Waals surface area contributed by atoms with Crippen molar-refractivity contribution in [2.75, 3.05) is 0 Å². The Hall–Kier alpha value is -0.610. The SMILES string of the molecule is CC(C)CCCC(O)CCC(O)CC(=O)O. The lowest BCUT2D eigenvalue weighted by Crippen LogP contribution is -2.16. The van der Waals surface area contributed by atoms with Crippen LogP contribution < -0.4 is 0 Å². The molecule has 2 unspecified atom stereocenters. The fourth-order valence-corrected chi connectivity index (χ4v) is 1.59. The Kier molecular flexibility index (Phi) is 8.21. The largest absolute Gasteiger partial charge is 0.481 e. The van der Waals surface area contributed by atoms with Gasteiger partial charge in [-0.1, -0.05) is 26.7 Å². The molecule has 0 saturated heterocycles. The molecule has 0 aromatic heterocycles. The molecule has 0 radical (unpaired) electrons. The molecule has 0 aromatic carbocycles. The van der Waals surface area contributed by atoms with Gasteiger partial charge in [-0.25, -0.2) is 0 Å². The molecular weight excluding hydrogens is 208 g/mol. The molecule has 0 aliphatic rings. The Morgan fingerprint density at radius 3 is 2.06 bits per heavy atom. The maximum Gasteiger partial charge on any atom is 0.305 e. The van der Waals surface area contributed by atoms with Gasteiger partial charge in [0.15, 0.2) is 0 Å². The maximum absolute atomic E-state index is 10.3. The molecule has 0 heterocycles. The van der Waals surface area contributed by atoms with E-state index in [9.17, 15) is 15.0 Å². The van der Waals surface area contributed by atoms with Gasteiger partial charge in [0.1, 0.15) is 0 Å². The zero-order valence-corrected chi connectivity index (χ0v) is 10.2. The lowest BCUT2D eigenvalue weighted by molar-refractivity contribution is -0.139. The summed E-state index contributed by atoms with van der Waals surface area (Å²) in [6.45, 7) is 4.28. The molecule has 0 fully saturated rings. The van der Waals surface area contributed by atoms with Crippen LogP contribution in [0, 0.1) is 5.92 Å². The molecule has 0 aromatic rings. The van der Waals surface area contributed by atoms with Crippen molar-refractivity contribution in [2.24, 2.45) is 5.92 Å². The number of hydrogen-bond acceptors (Lipinski definition) is 3. The van der Waals surface area contributed by atoms with Crippen molar-refractivity contribution >= 4 is 5.97 Å². The van der Waals surface area contributed by atoms with Crippen molar-refractivity contribution in [2.45, 2.75) is 64.6 Å². The summed E-state index contributed by atoms with van der Waals surface area (Å²) in [5.74, 6) is -0.355. The molecule has 0 amide bonds. The molecule has 0 saturated carbocycles. The highest BCUT2D eigenvalue weighted by atomic mass is 16.4. The molecule has 0 aliphatic heterocycles. The molecular formula is C12H24O4. The van der Waals surface area contributed by atoms with E-state index in [2.05, 4.69) is 13.8 Å². The number of carboxylic acid groups (broad SMARTS) is 1. The summed E-state index contributed by atoms with van der Waals surface area (Å²) in [4.78, 5) is 10.3. The average Bonchev–Trinajstić information content (AvgIpc) is 2.13. The Balaban J connectivity index is 3.49. The van der Waals surface area contributed by atoms with Gasteiger partial charge in [0.25, 0.3) is 0 Å². The smallest absolute Gasteiger partial charge is 0.305 e. The minimum Gasteiger partial charge on any atom is -0.481 e. The summed E-state index contributed by atoms with van der Waals surface area (Å²) < 4.78 is 0. The highest BCUT2D eigenvalue weighted by molar-refractivity contribution is 5.67. The van der Waals surface area contributed by atoms with Crippen LogP contribution in [0.1, 0.15) is 52.4 Å². The molecule has 16 heavy (non-hydrogen) atoms. The van der Waals surface area contributed by atoms with E-state index in [1.165, 1.54) is 0 Å². The van der Waals surface area contributed by atoms with Crippen LogP contribution in [-0.4, -0.2) is 33.5 Å². The quantitative estimate of drug-likeness (QED) is 0.566. The highest BCUT2D eigenvalue weighted by Gasteiger charge is 2.12. The molecule has 4 heteroatoms. The molecule has 0 rings (SSSR count). The molecule has 4 nitrogen and oxygen atoms in total. The topological polar surface area (TPSA) is 77.8 Å². The lowest BCUT2D eigenvalue weighted by Gasteiger charge is -2.13. The van der Waals surface area contributed by atoms with Crippen molar-refractivity contribution in [1.82, 2.24) is 0 Å². The third-order valence-electron chi connectivity index (χ3n) is 2.56. The van der Waals surface area contributed by atoms with Gasteiger partial charge < -0.3 is 15.3 Å². The van der Waals surface area contributed by atoms with E-state index in [1.807, 2.05) is 0 Å². The van der Waals surface area contributed by atoms with E-state index >= 15 is 0 Å². The predicted octanol–water partition coefficient (Wildman–Crippen LogP) is 1.79. The average molecular weight is 232 g/mol. The van der Waals surface area contributed by atoms with Gasteiger partial charge in [-0.3, -0.25) is 4.79 Å². The summed E-state index contributed by atoms with van der Waals surface area (Å²) in [6.07, 6.45) is 2.15. The van der Waals surface area contributed by atoms with Crippen molar-refractivity contribution < 1.29 is 20.1 Å². The van der Waals surface area contributed by atoms with E-state index in [1.54, 1.807) is 0 Å². The van der Waals surface area contributed by atoms with Crippen LogP contribution in [0.4, 0.5) is 0 Å². The summed E-state index contributed by atoms with van der Waals surface area (Å²) in [6, 6.07) is 0. The second kappa shape index (κ2) is 8.53. The second-order valence-electron chi connectivity index (χ2n) is 4.81. The normalized spacial score (nSPS) is 15.1. The van der Waals surface area contributed by atoms with Gasteiger partial charge in [0.2, 0.25) is 0 Å². The number of aliphatic hydroxyl groups is 2. The first-order valence-corrected chi connectivity index (χ1v) is 5.99. The maximum atomic E-state index is 10.3. The Morgan fingerprint density at radius 2 is 1.56 bits per heavy atom. The lowest BCUT2D eigenvalue weighted by atomic mass is 10.0. The van der Waals surface area contributed by atoms with Gasteiger partial charge in [0, 0.05) is 0 Å². The summed E-state index contributed by atoms with van der Waals surface area (Å²) in [5, 5.41) is 27.3. The number of rotatable bonds is 9. The molecule has 0 aliphatic carbocycles. The first-order valence-electron chi connectivity index (χ1n) is 5.99. The zero-order valence-electron chi connectivity index (χ0n) is 10.2. The molecule has 3 N–H and O–H groups in total. The van der Waals surface area contributed by atoms with Gasteiger partial charge in [-0.05, 0) is 25.2 Å². The van der Waals surface area contributed by atoms with Crippen LogP contribution in [0.3, 0.4) is 0 Å². The van der Waals surface area contributed by atoms with Crippen LogP contribution >= 0.6 is 0 Å². The van der Waals surface area contributed by atoms with Crippen LogP contribution in [0.2, 0.25) is 0 Å². The third-order valence-corrected chi connectivity index (χ3v) is 2.56.